The van der Waals surface area contributed by atoms with Crippen molar-refractivity contribution < 1.29 is 14.3 Å². The summed E-state index contributed by atoms with van der Waals surface area (Å²) in [7, 11) is 0. The largest absolute Gasteiger partial charge is 0.374 e. The van der Waals surface area contributed by atoms with Gasteiger partial charge in [-0.2, -0.15) is 0 Å². The van der Waals surface area contributed by atoms with Gasteiger partial charge in [-0.1, -0.05) is 11.8 Å². The molecule has 1 unspecified atom stereocenters. The van der Waals surface area contributed by atoms with Gasteiger partial charge in [0, 0.05) is 0 Å². The molecule has 0 radical (unpaired) electrons. The first-order valence-corrected chi connectivity index (χ1v) is 5.12. The summed E-state index contributed by atoms with van der Waals surface area (Å²) in [5.74, 6) is -0.000694. The quantitative estimate of drug-likeness (QED) is 0.635. The second-order valence-electron chi connectivity index (χ2n) is 4.04. The van der Waals surface area contributed by atoms with Crippen LogP contribution in [0.25, 0.3) is 0 Å². The molecule has 0 aromatic rings. The molecular weight excluding hydrogens is 188 g/mol. The van der Waals surface area contributed by atoms with E-state index in [9.17, 15) is 9.59 Å². The molecule has 1 fully saturated rings. The molecule has 1 rings (SSSR count). The Bertz CT molecular complexity index is 230. The monoisotopic (exact) mass is 202 g/mol. The van der Waals surface area contributed by atoms with Crippen LogP contribution in [0.15, 0.2) is 0 Å². The molecule has 0 saturated carbocycles. The third kappa shape index (κ3) is 3.48. The number of Topliss-reactive ketones (excluding diaryl/α,β-unsaturated/α-hetero) is 1. The van der Waals surface area contributed by atoms with E-state index in [0.717, 1.165) is 11.8 Å². The molecule has 3 nitrogen and oxygen atoms in total. The van der Waals surface area contributed by atoms with Crippen molar-refractivity contribution in [2.24, 2.45) is 0 Å². The average molecular weight is 202 g/mol. The normalized spacial score (nSPS) is 24.1. The molecule has 0 N–H and O–H groups in total. The minimum Gasteiger partial charge on any atom is -0.374 e. The lowest BCUT2D eigenvalue weighted by atomic mass is 10.2. The summed E-state index contributed by atoms with van der Waals surface area (Å²) < 4.78 is 5.44. The molecule has 0 amide bonds. The van der Waals surface area contributed by atoms with Gasteiger partial charge < -0.3 is 4.74 Å². The smallest absolute Gasteiger partial charge is 0.197 e. The molecule has 0 aliphatic carbocycles. The van der Waals surface area contributed by atoms with Crippen LogP contribution < -0.4 is 0 Å². The highest BCUT2D eigenvalue weighted by molar-refractivity contribution is 8.15. The third-order valence-corrected chi connectivity index (χ3v) is 2.71. The minimum atomic E-state index is -0.272. The van der Waals surface area contributed by atoms with Crippen LogP contribution in [0.4, 0.5) is 0 Å². The van der Waals surface area contributed by atoms with Crippen molar-refractivity contribution in [3.8, 4) is 0 Å². The third-order valence-electron chi connectivity index (χ3n) is 1.62. The number of carbonyl (C=O) groups is 2. The minimum absolute atomic E-state index is 0.000694. The van der Waals surface area contributed by atoms with Gasteiger partial charge in [-0.25, -0.2) is 0 Å². The highest BCUT2D eigenvalue weighted by Gasteiger charge is 2.32. The summed E-state index contributed by atoms with van der Waals surface area (Å²) in [4.78, 5) is 22.1. The Labute approximate surface area is 82.2 Å². The van der Waals surface area contributed by atoms with Crippen LogP contribution in [0.2, 0.25) is 0 Å². The molecule has 0 bridgehead atoms. The predicted octanol–water partition coefficient (Wildman–Crippen LogP) is 1.40. The van der Waals surface area contributed by atoms with E-state index in [1.54, 1.807) is 0 Å². The van der Waals surface area contributed by atoms with Gasteiger partial charge in [0.1, 0.15) is 0 Å². The molecule has 1 aliphatic rings. The van der Waals surface area contributed by atoms with Crippen LogP contribution in [0.3, 0.4) is 0 Å². The van der Waals surface area contributed by atoms with E-state index in [-0.39, 0.29) is 28.2 Å². The summed E-state index contributed by atoms with van der Waals surface area (Å²) in [5, 5.41) is -0.306. The van der Waals surface area contributed by atoms with E-state index >= 15 is 0 Å². The van der Waals surface area contributed by atoms with Gasteiger partial charge in [0.05, 0.1) is 23.9 Å². The molecule has 74 valence electrons. The van der Waals surface area contributed by atoms with Gasteiger partial charge in [-0.05, 0) is 20.8 Å². The molecular formula is C9H14O3S. The highest BCUT2D eigenvalue weighted by Crippen LogP contribution is 2.26. The van der Waals surface area contributed by atoms with Crippen LogP contribution in [-0.2, 0) is 14.3 Å². The summed E-state index contributed by atoms with van der Waals surface area (Å²) in [6.07, 6.45) is 0.0723. The Hall–Kier alpha value is -0.350. The number of rotatable bonds is 2. The molecule has 4 heteroatoms. The summed E-state index contributed by atoms with van der Waals surface area (Å²) >= 11 is 1.10. The van der Waals surface area contributed by atoms with Crippen molar-refractivity contribution in [2.45, 2.75) is 38.0 Å². The lowest BCUT2D eigenvalue weighted by molar-refractivity contribution is -0.122. The highest BCUT2D eigenvalue weighted by atomic mass is 32.2. The second-order valence-corrected chi connectivity index (χ2v) is 5.31. The number of hydrogen-bond acceptors (Lipinski definition) is 4. The predicted molar refractivity (Wildman–Crippen MR) is 51.7 cm³/mol. The van der Waals surface area contributed by atoms with E-state index in [4.69, 9.17) is 4.74 Å². The van der Waals surface area contributed by atoms with E-state index in [0.29, 0.717) is 6.61 Å². The molecule has 1 saturated heterocycles. The number of ether oxygens (including phenoxy) is 1. The first-order valence-electron chi connectivity index (χ1n) is 4.24. The number of ketones is 1. The van der Waals surface area contributed by atoms with Crippen LogP contribution in [0, 0.1) is 0 Å². The fourth-order valence-corrected chi connectivity index (χ4v) is 1.87. The molecule has 0 aromatic carbocycles. The number of thioether (sulfide) groups is 1. The lowest BCUT2D eigenvalue weighted by Gasteiger charge is -2.20. The SMILES string of the molecule is CC(C)(C)OCC1SC(=O)CC1=O. The van der Waals surface area contributed by atoms with Crippen molar-refractivity contribution in [3.63, 3.8) is 0 Å². The molecule has 0 spiro atoms. The molecule has 13 heavy (non-hydrogen) atoms. The second kappa shape index (κ2) is 3.80. The Morgan fingerprint density at radius 1 is 1.46 bits per heavy atom. The standard InChI is InChI=1S/C9H14O3S/c1-9(2,3)12-5-7-6(10)4-8(11)13-7/h7H,4-5H2,1-3H3. The van der Waals surface area contributed by atoms with Crippen LogP contribution >= 0.6 is 11.8 Å². The van der Waals surface area contributed by atoms with Crippen molar-refractivity contribution >= 4 is 22.7 Å². The zero-order valence-electron chi connectivity index (χ0n) is 8.12. The van der Waals surface area contributed by atoms with E-state index < -0.39 is 0 Å². The van der Waals surface area contributed by atoms with Crippen molar-refractivity contribution in [1.29, 1.82) is 0 Å². The van der Waals surface area contributed by atoms with E-state index in [1.807, 2.05) is 20.8 Å². The van der Waals surface area contributed by atoms with Gasteiger partial charge >= 0.3 is 0 Å². The Morgan fingerprint density at radius 3 is 2.46 bits per heavy atom. The molecule has 1 heterocycles. The first-order chi connectivity index (χ1) is 5.88. The van der Waals surface area contributed by atoms with Crippen molar-refractivity contribution in [2.75, 3.05) is 6.61 Å². The zero-order valence-corrected chi connectivity index (χ0v) is 8.94. The van der Waals surface area contributed by atoms with Crippen LogP contribution in [-0.4, -0.2) is 28.4 Å². The molecule has 1 atom stereocenters. The summed E-state index contributed by atoms with van der Waals surface area (Å²) in [6.45, 7) is 6.13. The molecule has 0 aromatic heterocycles. The topological polar surface area (TPSA) is 43.4 Å². The van der Waals surface area contributed by atoms with Gasteiger partial charge in [0.15, 0.2) is 10.9 Å². The number of hydrogen-bond donors (Lipinski definition) is 0. The maximum absolute atomic E-state index is 11.2. The fourth-order valence-electron chi connectivity index (χ4n) is 0.975. The average Bonchev–Trinajstić information content (AvgIpc) is 2.24. The van der Waals surface area contributed by atoms with Crippen LogP contribution in [0.1, 0.15) is 27.2 Å². The van der Waals surface area contributed by atoms with E-state index in [1.165, 1.54) is 0 Å². The Morgan fingerprint density at radius 2 is 2.08 bits per heavy atom. The lowest BCUT2D eigenvalue weighted by Crippen LogP contribution is -2.26. The fraction of sp³-hybridized carbons (Fsp3) is 0.778. The first kappa shape index (κ1) is 10.7. The summed E-state index contributed by atoms with van der Waals surface area (Å²) in [5.41, 5.74) is -0.244. The Balaban J connectivity index is 2.38. The van der Waals surface area contributed by atoms with Gasteiger partial charge in [0.25, 0.3) is 0 Å². The van der Waals surface area contributed by atoms with Crippen molar-refractivity contribution in [3.05, 3.63) is 0 Å². The van der Waals surface area contributed by atoms with Crippen molar-refractivity contribution in [1.82, 2.24) is 0 Å². The maximum atomic E-state index is 11.2. The number of carbonyl (C=O) groups excluding carboxylic acids is 2. The maximum Gasteiger partial charge on any atom is 0.197 e. The zero-order chi connectivity index (χ0) is 10.1. The van der Waals surface area contributed by atoms with Gasteiger partial charge in [-0.15, -0.1) is 0 Å². The summed E-state index contributed by atoms with van der Waals surface area (Å²) in [6, 6.07) is 0. The van der Waals surface area contributed by atoms with Crippen LogP contribution in [0.5, 0.6) is 0 Å². The molecule has 1 aliphatic heterocycles. The van der Waals surface area contributed by atoms with Gasteiger partial charge in [-0.3, -0.25) is 9.59 Å². The van der Waals surface area contributed by atoms with Gasteiger partial charge in [0.2, 0.25) is 0 Å². The van der Waals surface area contributed by atoms with E-state index in [2.05, 4.69) is 0 Å². The Kier molecular flexibility index (Phi) is 3.14.